The highest BCUT2D eigenvalue weighted by atomic mass is 16.1. The van der Waals surface area contributed by atoms with Crippen molar-refractivity contribution in [2.24, 2.45) is 0 Å². The molecule has 0 aliphatic carbocycles. The van der Waals surface area contributed by atoms with Gasteiger partial charge in [-0.15, -0.1) is 0 Å². The van der Waals surface area contributed by atoms with E-state index in [9.17, 15) is 4.79 Å². The standard InChI is InChI=1S/C18H22N2O/c1-5-19-16-10-9-15(11-13(16)3)18(21)20-17-8-6-7-12(2)14(17)4/h6-11,19H,5H2,1-4H3,(H,20,21). The van der Waals surface area contributed by atoms with Crippen LogP contribution in [0, 0.1) is 20.8 Å². The van der Waals surface area contributed by atoms with E-state index in [0.29, 0.717) is 5.56 Å². The van der Waals surface area contributed by atoms with Crippen LogP contribution in [0.1, 0.15) is 34.0 Å². The Bertz CT molecular complexity index is 662. The van der Waals surface area contributed by atoms with Crippen LogP contribution < -0.4 is 10.6 Å². The summed E-state index contributed by atoms with van der Waals surface area (Å²) < 4.78 is 0. The summed E-state index contributed by atoms with van der Waals surface area (Å²) in [6, 6.07) is 11.7. The lowest BCUT2D eigenvalue weighted by atomic mass is 10.1. The smallest absolute Gasteiger partial charge is 0.255 e. The fraction of sp³-hybridized carbons (Fsp3) is 0.278. The van der Waals surface area contributed by atoms with E-state index >= 15 is 0 Å². The van der Waals surface area contributed by atoms with Crippen molar-refractivity contribution in [1.29, 1.82) is 0 Å². The molecule has 0 aliphatic rings. The minimum atomic E-state index is -0.0742. The van der Waals surface area contributed by atoms with Gasteiger partial charge in [-0.2, -0.15) is 0 Å². The quantitative estimate of drug-likeness (QED) is 0.878. The second-order valence-electron chi connectivity index (χ2n) is 5.26. The first-order valence-electron chi connectivity index (χ1n) is 7.25. The molecule has 0 aliphatic heterocycles. The van der Waals surface area contributed by atoms with E-state index in [1.54, 1.807) is 0 Å². The Morgan fingerprint density at radius 3 is 2.43 bits per heavy atom. The van der Waals surface area contributed by atoms with E-state index in [1.807, 2.05) is 57.2 Å². The van der Waals surface area contributed by atoms with Crippen LogP contribution in [-0.2, 0) is 0 Å². The Balaban J connectivity index is 2.21. The molecule has 0 heterocycles. The topological polar surface area (TPSA) is 41.1 Å². The molecule has 0 unspecified atom stereocenters. The van der Waals surface area contributed by atoms with Gasteiger partial charge < -0.3 is 10.6 Å². The lowest BCUT2D eigenvalue weighted by molar-refractivity contribution is 0.102. The first kappa shape index (κ1) is 15.1. The first-order chi connectivity index (χ1) is 10.0. The molecule has 110 valence electrons. The molecule has 2 aromatic rings. The molecule has 0 saturated carbocycles. The molecule has 3 nitrogen and oxygen atoms in total. The predicted molar refractivity (Wildman–Crippen MR) is 89.2 cm³/mol. The fourth-order valence-electron chi connectivity index (χ4n) is 2.27. The number of carbonyl (C=O) groups excluding carboxylic acids is 1. The summed E-state index contributed by atoms with van der Waals surface area (Å²) in [7, 11) is 0. The summed E-state index contributed by atoms with van der Waals surface area (Å²) in [4.78, 5) is 12.4. The van der Waals surface area contributed by atoms with Gasteiger partial charge >= 0.3 is 0 Å². The summed E-state index contributed by atoms with van der Waals surface area (Å²) in [5.74, 6) is -0.0742. The van der Waals surface area contributed by atoms with Crippen molar-refractivity contribution in [3.8, 4) is 0 Å². The van der Waals surface area contributed by atoms with Crippen LogP contribution >= 0.6 is 0 Å². The largest absolute Gasteiger partial charge is 0.385 e. The van der Waals surface area contributed by atoms with E-state index in [4.69, 9.17) is 0 Å². The van der Waals surface area contributed by atoms with E-state index in [0.717, 1.165) is 29.0 Å². The Morgan fingerprint density at radius 1 is 1.00 bits per heavy atom. The molecular formula is C18H22N2O. The monoisotopic (exact) mass is 282 g/mol. The molecule has 0 atom stereocenters. The molecule has 2 aromatic carbocycles. The highest BCUT2D eigenvalue weighted by Crippen LogP contribution is 2.20. The summed E-state index contributed by atoms with van der Waals surface area (Å²) in [6.07, 6.45) is 0. The van der Waals surface area contributed by atoms with Crippen molar-refractivity contribution in [3.63, 3.8) is 0 Å². The SMILES string of the molecule is CCNc1ccc(C(=O)Nc2cccc(C)c2C)cc1C. The lowest BCUT2D eigenvalue weighted by Crippen LogP contribution is -2.13. The van der Waals surface area contributed by atoms with Gasteiger partial charge in [-0.25, -0.2) is 0 Å². The number of aryl methyl sites for hydroxylation is 2. The molecule has 1 amide bonds. The third-order valence-corrected chi connectivity index (χ3v) is 3.71. The van der Waals surface area contributed by atoms with Gasteiger partial charge in [0.2, 0.25) is 0 Å². The second-order valence-corrected chi connectivity index (χ2v) is 5.26. The van der Waals surface area contributed by atoms with Crippen LogP contribution in [0.2, 0.25) is 0 Å². The van der Waals surface area contributed by atoms with Crippen molar-refractivity contribution in [1.82, 2.24) is 0 Å². The number of rotatable bonds is 4. The molecule has 0 aromatic heterocycles. The van der Waals surface area contributed by atoms with Crippen LogP contribution in [0.25, 0.3) is 0 Å². The minimum Gasteiger partial charge on any atom is -0.385 e. The maximum atomic E-state index is 12.4. The van der Waals surface area contributed by atoms with Crippen molar-refractivity contribution >= 4 is 17.3 Å². The van der Waals surface area contributed by atoms with Gasteiger partial charge in [0.1, 0.15) is 0 Å². The van der Waals surface area contributed by atoms with Gasteiger partial charge in [0.15, 0.2) is 0 Å². The maximum Gasteiger partial charge on any atom is 0.255 e. The van der Waals surface area contributed by atoms with E-state index < -0.39 is 0 Å². The molecule has 0 bridgehead atoms. The van der Waals surface area contributed by atoms with Gasteiger partial charge in [-0.3, -0.25) is 4.79 Å². The number of carbonyl (C=O) groups is 1. The summed E-state index contributed by atoms with van der Waals surface area (Å²) in [5.41, 5.74) is 5.97. The van der Waals surface area contributed by atoms with Crippen LogP contribution in [0.4, 0.5) is 11.4 Å². The molecule has 0 fully saturated rings. The summed E-state index contributed by atoms with van der Waals surface area (Å²) in [5, 5.41) is 6.26. The van der Waals surface area contributed by atoms with Crippen LogP contribution in [0.3, 0.4) is 0 Å². The van der Waals surface area contributed by atoms with Crippen molar-refractivity contribution < 1.29 is 4.79 Å². The average Bonchev–Trinajstić information content (AvgIpc) is 2.46. The maximum absolute atomic E-state index is 12.4. The van der Waals surface area contributed by atoms with Crippen LogP contribution in [0.5, 0.6) is 0 Å². The zero-order chi connectivity index (χ0) is 15.4. The van der Waals surface area contributed by atoms with E-state index in [2.05, 4.69) is 17.6 Å². The lowest BCUT2D eigenvalue weighted by Gasteiger charge is -2.12. The zero-order valence-corrected chi connectivity index (χ0v) is 13.1. The number of anilines is 2. The number of hydrogen-bond acceptors (Lipinski definition) is 2. The third kappa shape index (κ3) is 3.43. The Hall–Kier alpha value is -2.29. The second kappa shape index (κ2) is 6.44. The normalized spacial score (nSPS) is 10.3. The number of benzene rings is 2. The highest BCUT2D eigenvalue weighted by molar-refractivity contribution is 6.05. The van der Waals surface area contributed by atoms with Crippen LogP contribution in [-0.4, -0.2) is 12.5 Å². The number of nitrogens with one attached hydrogen (secondary N) is 2. The minimum absolute atomic E-state index is 0.0742. The van der Waals surface area contributed by atoms with E-state index in [1.165, 1.54) is 5.56 Å². The Labute approximate surface area is 126 Å². The molecular weight excluding hydrogens is 260 g/mol. The Morgan fingerprint density at radius 2 is 1.76 bits per heavy atom. The van der Waals surface area contributed by atoms with Gasteiger partial charge in [0.05, 0.1) is 0 Å². The first-order valence-corrected chi connectivity index (χ1v) is 7.25. The molecule has 2 rings (SSSR count). The van der Waals surface area contributed by atoms with Gasteiger partial charge in [-0.1, -0.05) is 12.1 Å². The third-order valence-electron chi connectivity index (χ3n) is 3.71. The fourth-order valence-corrected chi connectivity index (χ4v) is 2.27. The molecule has 0 radical (unpaired) electrons. The number of amides is 1. The summed E-state index contributed by atoms with van der Waals surface area (Å²) >= 11 is 0. The molecule has 2 N–H and O–H groups in total. The van der Waals surface area contributed by atoms with Gasteiger partial charge in [0, 0.05) is 23.5 Å². The molecule has 3 heteroatoms. The molecule has 0 spiro atoms. The average molecular weight is 282 g/mol. The van der Waals surface area contributed by atoms with Crippen molar-refractivity contribution in [2.45, 2.75) is 27.7 Å². The Kier molecular flexibility index (Phi) is 4.63. The zero-order valence-electron chi connectivity index (χ0n) is 13.1. The predicted octanol–water partition coefficient (Wildman–Crippen LogP) is 4.30. The van der Waals surface area contributed by atoms with E-state index in [-0.39, 0.29) is 5.91 Å². The van der Waals surface area contributed by atoms with Gasteiger partial charge in [0.25, 0.3) is 5.91 Å². The number of hydrogen-bond donors (Lipinski definition) is 2. The molecule has 21 heavy (non-hydrogen) atoms. The molecule has 0 saturated heterocycles. The van der Waals surface area contributed by atoms with Crippen molar-refractivity contribution in [2.75, 3.05) is 17.2 Å². The highest BCUT2D eigenvalue weighted by Gasteiger charge is 2.10. The summed E-state index contributed by atoms with van der Waals surface area (Å²) in [6.45, 7) is 8.99. The van der Waals surface area contributed by atoms with Crippen LogP contribution in [0.15, 0.2) is 36.4 Å². The van der Waals surface area contributed by atoms with Crippen molar-refractivity contribution in [3.05, 3.63) is 58.7 Å². The van der Waals surface area contributed by atoms with Gasteiger partial charge in [-0.05, 0) is 68.7 Å².